The van der Waals surface area contributed by atoms with Gasteiger partial charge in [0.2, 0.25) is 0 Å². The van der Waals surface area contributed by atoms with Crippen LogP contribution < -0.4 is 0 Å². The van der Waals surface area contributed by atoms with Crippen LogP contribution >= 0.6 is 11.6 Å². The van der Waals surface area contributed by atoms with Crippen molar-refractivity contribution in [3.8, 4) is 11.1 Å². The molecule has 0 aliphatic rings. The van der Waals surface area contributed by atoms with Crippen molar-refractivity contribution in [2.24, 2.45) is 0 Å². The highest BCUT2D eigenvalue weighted by atomic mass is 35.5. The first-order valence-corrected chi connectivity index (χ1v) is 5.28. The number of imidazole rings is 1. The molecule has 3 rings (SSSR count). The Morgan fingerprint density at radius 1 is 1.12 bits per heavy atom. The minimum atomic E-state index is 0.462. The Morgan fingerprint density at radius 2 is 1.94 bits per heavy atom. The van der Waals surface area contributed by atoms with Crippen LogP contribution in [-0.2, 0) is 0 Å². The molecule has 3 aromatic rings. The van der Waals surface area contributed by atoms with Crippen LogP contribution in [0.4, 0.5) is 0 Å². The third-order valence-electron chi connectivity index (χ3n) is 2.41. The second-order valence-electron chi connectivity index (χ2n) is 3.44. The van der Waals surface area contributed by atoms with Crippen molar-refractivity contribution in [2.75, 3.05) is 0 Å². The number of fused-ring (bicyclic) bond motifs is 1. The Kier molecular flexibility index (Phi) is 2.11. The van der Waals surface area contributed by atoms with Crippen molar-refractivity contribution in [3.63, 3.8) is 0 Å². The van der Waals surface area contributed by atoms with E-state index < -0.39 is 0 Å². The van der Waals surface area contributed by atoms with E-state index in [1.807, 2.05) is 36.4 Å². The summed E-state index contributed by atoms with van der Waals surface area (Å²) in [6, 6.07) is 11.8. The van der Waals surface area contributed by atoms with Crippen LogP contribution in [0.5, 0.6) is 0 Å². The van der Waals surface area contributed by atoms with E-state index in [4.69, 9.17) is 11.6 Å². The van der Waals surface area contributed by atoms with Crippen LogP contribution in [0.3, 0.4) is 0 Å². The number of aromatic nitrogens is 3. The molecule has 0 spiro atoms. The van der Waals surface area contributed by atoms with E-state index in [0.29, 0.717) is 5.15 Å². The van der Waals surface area contributed by atoms with Crippen LogP contribution in [0.15, 0.2) is 48.8 Å². The summed E-state index contributed by atoms with van der Waals surface area (Å²) in [5, 5.41) is 4.60. The number of halogens is 1. The number of nitrogens with zero attached hydrogens (tertiary/aromatic N) is 3. The molecule has 0 saturated carbocycles. The van der Waals surface area contributed by atoms with Gasteiger partial charge >= 0.3 is 0 Å². The third-order valence-corrected chi connectivity index (χ3v) is 2.60. The van der Waals surface area contributed by atoms with E-state index in [9.17, 15) is 0 Å². The molecular weight excluding hydrogens is 222 g/mol. The van der Waals surface area contributed by atoms with Crippen molar-refractivity contribution in [3.05, 3.63) is 53.9 Å². The highest BCUT2D eigenvalue weighted by molar-refractivity contribution is 6.29. The van der Waals surface area contributed by atoms with Crippen LogP contribution in [0.2, 0.25) is 5.15 Å². The van der Waals surface area contributed by atoms with Gasteiger partial charge in [0, 0.05) is 18.0 Å². The van der Waals surface area contributed by atoms with Gasteiger partial charge in [-0.1, -0.05) is 41.9 Å². The normalized spacial score (nSPS) is 10.8. The van der Waals surface area contributed by atoms with Crippen LogP contribution in [0, 0.1) is 0 Å². The van der Waals surface area contributed by atoms with E-state index in [2.05, 4.69) is 10.1 Å². The Morgan fingerprint density at radius 3 is 2.75 bits per heavy atom. The minimum absolute atomic E-state index is 0.462. The van der Waals surface area contributed by atoms with Crippen molar-refractivity contribution in [1.82, 2.24) is 14.6 Å². The van der Waals surface area contributed by atoms with E-state index >= 15 is 0 Å². The molecular formula is C12H8ClN3. The molecule has 0 aliphatic heterocycles. The molecule has 1 aromatic carbocycles. The molecule has 0 saturated heterocycles. The topological polar surface area (TPSA) is 30.2 Å². The predicted octanol–water partition coefficient (Wildman–Crippen LogP) is 3.05. The van der Waals surface area contributed by atoms with Crippen molar-refractivity contribution in [2.45, 2.75) is 0 Å². The van der Waals surface area contributed by atoms with E-state index in [1.54, 1.807) is 16.9 Å². The second kappa shape index (κ2) is 3.61. The molecule has 0 fully saturated rings. The van der Waals surface area contributed by atoms with Gasteiger partial charge in [-0.15, -0.1) is 0 Å². The first-order valence-electron chi connectivity index (χ1n) is 4.90. The maximum Gasteiger partial charge on any atom is 0.161 e. The summed E-state index contributed by atoms with van der Waals surface area (Å²) in [6.07, 6.45) is 3.50. The van der Waals surface area contributed by atoms with Gasteiger partial charge in [0.05, 0.1) is 0 Å². The van der Waals surface area contributed by atoms with Gasteiger partial charge in [0.25, 0.3) is 0 Å². The van der Waals surface area contributed by atoms with Crippen LogP contribution in [0.1, 0.15) is 0 Å². The highest BCUT2D eigenvalue weighted by Crippen LogP contribution is 2.24. The Balaban J connectivity index is 2.34. The van der Waals surface area contributed by atoms with Crippen molar-refractivity contribution < 1.29 is 0 Å². The molecule has 2 heterocycles. The summed E-state index contributed by atoms with van der Waals surface area (Å²) < 4.78 is 1.69. The maximum absolute atomic E-state index is 5.97. The fourth-order valence-electron chi connectivity index (χ4n) is 1.72. The quantitative estimate of drug-likeness (QED) is 0.642. The Bertz CT molecular complexity index is 631. The lowest BCUT2D eigenvalue weighted by Crippen LogP contribution is -1.93. The summed E-state index contributed by atoms with van der Waals surface area (Å²) in [5.41, 5.74) is 2.89. The largest absolute Gasteiger partial charge is 0.235 e. The number of benzene rings is 1. The SMILES string of the molecule is Clc1cc(-c2ccccc2)c2nccn2n1. The monoisotopic (exact) mass is 229 g/mol. The second-order valence-corrected chi connectivity index (χ2v) is 3.83. The molecule has 2 aromatic heterocycles. The van der Waals surface area contributed by atoms with E-state index in [0.717, 1.165) is 16.8 Å². The predicted molar refractivity (Wildman–Crippen MR) is 63.4 cm³/mol. The first-order chi connectivity index (χ1) is 7.84. The molecule has 78 valence electrons. The lowest BCUT2D eigenvalue weighted by Gasteiger charge is -2.03. The molecule has 0 amide bonds. The van der Waals surface area contributed by atoms with Gasteiger partial charge in [0.15, 0.2) is 10.8 Å². The molecule has 0 aliphatic carbocycles. The number of hydrogen-bond donors (Lipinski definition) is 0. The Hall–Kier alpha value is -1.87. The summed E-state index contributed by atoms with van der Waals surface area (Å²) in [5.74, 6) is 0. The van der Waals surface area contributed by atoms with Gasteiger partial charge in [-0.3, -0.25) is 0 Å². The molecule has 0 radical (unpaired) electrons. The number of rotatable bonds is 1. The maximum atomic E-state index is 5.97. The average Bonchev–Trinajstić information content (AvgIpc) is 2.77. The van der Waals surface area contributed by atoms with Crippen molar-refractivity contribution in [1.29, 1.82) is 0 Å². The van der Waals surface area contributed by atoms with Gasteiger partial charge in [-0.25, -0.2) is 9.50 Å². The molecule has 0 unspecified atom stereocenters. The molecule has 0 N–H and O–H groups in total. The number of hydrogen-bond acceptors (Lipinski definition) is 2. The standard InChI is InChI=1S/C12H8ClN3/c13-11-8-10(9-4-2-1-3-5-9)12-14-6-7-16(12)15-11/h1-8H. The first kappa shape index (κ1) is 9.36. The zero-order valence-corrected chi connectivity index (χ0v) is 9.09. The van der Waals surface area contributed by atoms with E-state index in [1.165, 1.54) is 0 Å². The lowest BCUT2D eigenvalue weighted by molar-refractivity contribution is 0.938. The van der Waals surface area contributed by atoms with Crippen LogP contribution in [0.25, 0.3) is 16.8 Å². The zero-order chi connectivity index (χ0) is 11.0. The summed E-state index contributed by atoms with van der Waals surface area (Å²) >= 11 is 5.97. The van der Waals surface area contributed by atoms with Crippen molar-refractivity contribution >= 4 is 17.2 Å². The molecule has 16 heavy (non-hydrogen) atoms. The molecule has 0 atom stereocenters. The fraction of sp³-hybridized carbons (Fsp3) is 0. The van der Waals surface area contributed by atoms with E-state index in [-0.39, 0.29) is 0 Å². The third kappa shape index (κ3) is 1.46. The van der Waals surface area contributed by atoms with Gasteiger partial charge in [0.1, 0.15) is 0 Å². The lowest BCUT2D eigenvalue weighted by atomic mass is 10.1. The summed E-state index contributed by atoms with van der Waals surface area (Å²) in [4.78, 5) is 4.28. The van der Waals surface area contributed by atoms with Gasteiger partial charge in [-0.05, 0) is 11.6 Å². The molecule has 3 nitrogen and oxygen atoms in total. The highest BCUT2D eigenvalue weighted by Gasteiger charge is 2.07. The summed E-state index contributed by atoms with van der Waals surface area (Å²) in [6.45, 7) is 0. The molecule has 0 bridgehead atoms. The zero-order valence-electron chi connectivity index (χ0n) is 8.34. The fourth-order valence-corrected chi connectivity index (χ4v) is 1.91. The van der Waals surface area contributed by atoms with Gasteiger partial charge in [-0.2, -0.15) is 5.10 Å². The minimum Gasteiger partial charge on any atom is -0.235 e. The van der Waals surface area contributed by atoms with Gasteiger partial charge < -0.3 is 0 Å². The Labute approximate surface area is 97.3 Å². The molecule has 4 heteroatoms. The smallest absolute Gasteiger partial charge is 0.161 e. The van der Waals surface area contributed by atoms with Crippen LogP contribution in [-0.4, -0.2) is 14.6 Å². The average molecular weight is 230 g/mol. The summed E-state index contributed by atoms with van der Waals surface area (Å²) in [7, 11) is 0.